The number of carboxylic acid groups (broad SMARTS) is 1. The normalized spacial score (nSPS) is 10.9. The van der Waals surface area contributed by atoms with Crippen molar-refractivity contribution in [3.05, 3.63) is 42.5 Å². The summed E-state index contributed by atoms with van der Waals surface area (Å²) in [5, 5.41) is 7.60. The summed E-state index contributed by atoms with van der Waals surface area (Å²) in [6.45, 7) is 7.83. The molecule has 0 spiro atoms. The topological polar surface area (TPSA) is 66.8 Å². The van der Waals surface area contributed by atoms with Gasteiger partial charge in [-0.1, -0.05) is 39.7 Å². The number of benzene rings is 1. The maximum absolute atomic E-state index is 12.0. The van der Waals surface area contributed by atoms with Crippen molar-refractivity contribution in [2.75, 3.05) is 25.6 Å². The number of carbonyl (C=O) groups excluding carboxylic acids is 1. The highest BCUT2D eigenvalue weighted by atomic mass is 16.5. The summed E-state index contributed by atoms with van der Waals surface area (Å²) in [4.78, 5) is 23.2. The summed E-state index contributed by atoms with van der Waals surface area (Å²) < 4.78 is 5.43. The van der Waals surface area contributed by atoms with E-state index in [1.54, 1.807) is 0 Å². The van der Waals surface area contributed by atoms with Crippen molar-refractivity contribution < 1.29 is 19.4 Å². The SMILES string of the molecule is C=CC(=O)O.CCCCC(CC)COC(=O)c1ccc(N(C)C)cc1. The van der Waals surface area contributed by atoms with Gasteiger partial charge in [0, 0.05) is 25.9 Å². The molecular formula is C20H31NO4. The number of ether oxygens (including phenoxy) is 1. The number of esters is 1. The van der Waals surface area contributed by atoms with E-state index < -0.39 is 5.97 Å². The highest BCUT2D eigenvalue weighted by Gasteiger charge is 2.12. The molecule has 25 heavy (non-hydrogen) atoms. The van der Waals surface area contributed by atoms with Gasteiger partial charge >= 0.3 is 11.9 Å². The number of unbranched alkanes of at least 4 members (excludes halogenated alkanes) is 1. The van der Waals surface area contributed by atoms with Crippen LogP contribution >= 0.6 is 0 Å². The first-order valence-electron chi connectivity index (χ1n) is 8.65. The Morgan fingerprint density at radius 2 is 1.80 bits per heavy atom. The van der Waals surface area contributed by atoms with E-state index in [0.29, 0.717) is 18.1 Å². The fraction of sp³-hybridized carbons (Fsp3) is 0.500. The third-order valence-electron chi connectivity index (χ3n) is 3.79. The molecule has 1 aromatic rings. The minimum absolute atomic E-state index is 0.217. The largest absolute Gasteiger partial charge is 0.478 e. The van der Waals surface area contributed by atoms with Crippen LogP contribution in [-0.4, -0.2) is 37.7 Å². The van der Waals surface area contributed by atoms with Crippen LogP contribution in [0.3, 0.4) is 0 Å². The number of carboxylic acids is 1. The molecule has 1 N–H and O–H groups in total. The van der Waals surface area contributed by atoms with Crippen LogP contribution in [0.25, 0.3) is 0 Å². The summed E-state index contributed by atoms with van der Waals surface area (Å²) in [5.41, 5.74) is 1.71. The van der Waals surface area contributed by atoms with Crippen LogP contribution < -0.4 is 4.90 Å². The van der Waals surface area contributed by atoms with Crippen molar-refractivity contribution in [2.45, 2.75) is 39.5 Å². The van der Waals surface area contributed by atoms with Crippen LogP contribution in [0, 0.1) is 5.92 Å². The molecule has 1 rings (SSSR count). The zero-order valence-electron chi connectivity index (χ0n) is 15.8. The van der Waals surface area contributed by atoms with E-state index in [1.165, 1.54) is 12.8 Å². The first-order valence-corrected chi connectivity index (χ1v) is 8.65. The molecular weight excluding hydrogens is 318 g/mol. The Morgan fingerprint density at radius 1 is 1.24 bits per heavy atom. The zero-order valence-corrected chi connectivity index (χ0v) is 15.8. The standard InChI is InChI=1S/C17H27NO2.C3H4O2/c1-5-7-8-14(6-2)13-20-17(19)15-9-11-16(12-10-15)18(3)4;1-2-3(4)5/h9-12,14H,5-8,13H2,1-4H3;2H,1H2,(H,4,5). The second kappa shape index (κ2) is 13.0. The Hall–Kier alpha value is -2.30. The van der Waals surface area contributed by atoms with Gasteiger partial charge in [-0.3, -0.25) is 0 Å². The molecule has 0 aliphatic carbocycles. The van der Waals surface area contributed by atoms with Crippen LogP contribution in [0.4, 0.5) is 5.69 Å². The highest BCUT2D eigenvalue weighted by Crippen LogP contribution is 2.16. The molecule has 140 valence electrons. The van der Waals surface area contributed by atoms with Crippen molar-refractivity contribution in [3.63, 3.8) is 0 Å². The molecule has 1 atom stereocenters. The van der Waals surface area contributed by atoms with Gasteiger partial charge < -0.3 is 14.7 Å². The lowest BCUT2D eigenvalue weighted by atomic mass is 10.0. The van der Waals surface area contributed by atoms with Gasteiger partial charge in [0.1, 0.15) is 0 Å². The van der Waals surface area contributed by atoms with Crippen molar-refractivity contribution in [2.24, 2.45) is 5.92 Å². The third-order valence-corrected chi connectivity index (χ3v) is 3.79. The Balaban J connectivity index is 0.00000101. The van der Waals surface area contributed by atoms with Crippen LogP contribution in [0.5, 0.6) is 0 Å². The first kappa shape index (κ1) is 22.7. The lowest BCUT2D eigenvalue weighted by Crippen LogP contribution is -2.14. The van der Waals surface area contributed by atoms with Gasteiger partial charge in [0.2, 0.25) is 0 Å². The van der Waals surface area contributed by atoms with Gasteiger partial charge in [-0.2, -0.15) is 0 Å². The van der Waals surface area contributed by atoms with Gasteiger partial charge in [-0.25, -0.2) is 9.59 Å². The van der Waals surface area contributed by atoms with E-state index in [0.717, 1.165) is 24.6 Å². The number of nitrogens with zero attached hydrogens (tertiary/aromatic N) is 1. The smallest absolute Gasteiger partial charge is 0.338 e. The maximum Gasteiger partial charge on any atom is 0.338 e. The fourth-order valence-corrected chi connectivity index (χ4v) is 2.07. The molecule has 0 saturated carbocycles. The van der Waals surface area contributed by atoms with Crippen LogP contribution in [0.2, 0.25) is 0 Å². The Bertz CT molecular complexity index is 523. The zero-order chi connectivity index (χ0) is 19.2. The predicted octanol–water partition coefficient (Wildman–Crippen LogP) is 4.38. The molecule has 0 amide bonds. The number of hydrogen-bond donors (Lipinski definition) is 1. The molecule has 0 aliphatic heterocycles. The fourth-order valence-electron chi connectivity index (χ4n) is 2.07. The summed E-state index contributed by atoms with van der Waals surface area (Å²) in [6.07, 6.45) is 5.43. The molecule has 0 fully saturated rings. The van der Waals surface area contributed by atoms with E-state index in [-0.39, 0.29) is 5.97 Å². The van der Waals surface area contributed by atoms with Gasteiger partial charge in [-0.05, 0) is 36.6 Å². The third kappa shape index (κ3) is 10.2. The maximum atomic E-state index is 12.0. The second-order valence-electron chi connectivity index (χ2n) is 6.00. The van der Waals surface area contributed by atoms with Crippen LogP contribution in [-0.2, 0) is 9.53 Å². The molecule has 5 heteroatoms. The molecule has 1 aromatic carbocycles. The lowest BCUT2D eigenvalue weighted by molar-refractivity contribution is -0.131. The van der Waals surface area contributed by atoms with E-state index in [9.17, 15) is 9.59 Å². The van der Waals surface area contributed by atoms with Crippen molar-refractivity contribution in [1.82, 2.24) is 0 Å². The van der Waals surface area contributed by atoms with E-state index >= 15 is 0 Å². The molecule has 0 bridgehead atoms. The van der Waals surface area contributed by atoms with Gasteiger partial charge in [-0.15, -0.1) is 0 Å². The van der Waals surface area contributed by atoms with E-state index in [1.807, 2.05) is 43.3 Å². The Morgan fingerprint density at radius 3 is 2.20 bits per heavy atom. The average molecular weight is 349 g/mol. The lowest BCUT2D eigenvalue weighted by Gasteiger charge is -2.15. The number of aliphatic carboxylic acids is 1. The molecule has 0 aliphatic rings. The molecule has 0 heterocycles. The molecule has 0 radical (unpaired) electrons. The summed E-state index contributed by atoms with van der Waals surface area (Å²) in [5.74, 6) is -0.713. The minimum atomic E-state index is -0.981. The minimum Gasteiger partial charge on any atom is -0.478 e. The number of rotatable bonds is 9. The number of anilines is 1. The number of hydrogen-bond acceptors (Lipinski definition) is 4. The van der Waals surface area contributed by atoms with Crippen LogP contribution in [0.15, 0.2) is 36.9 Å². The summed E-state index contributed by atoms with van der Waals surface area (Å²) in [6, 6.07) is 7.52. The monoisotopic (exact) mass is 349 g/mol. The van der Waals surface area contributed by atoms with Gasteiger partial charge in [0.05, 0.1) is 12.2 Å². The molecule has 5 nitrogen and oxygen atoms in total. The Labute approximate surface area is 151 Å². The molecule has 1 unspecified atom stereocenters. The van der Waals surface area contributed by atoms with Crippen molar-refractivity contribution >= 4 is 17.6 Å². The molecule has 0 saturated heterocycles. The summed E-state index contributed by atoms with van der Waals surface area (Å²) >= 11 is 0. The first-order chi connectivity index (χ1) is 11.8. The highest BCUT2D eigenvalue weighted by molar-refractivity contribution is 5.89. The second-order valence-corrected chi connectivity index (χ2v) is 6.00. The molecule has 0 aromatic heterocycles. The Kier molecular flexibility index (Phi) is 11.8. The quantitative estimate of drug-likeness (QED) is 0.529. The van der Waals surface area contributed by atoms with Crippen molar-refractivity contribution in [1.29, 1.82) is 0 Å². The van der Waals surface area contributed by atoms with Gasteiger partial charge in [0.15, 0.2) is 0 Å². The average Bonchev–Trinajstić information content (AvgIpc) is 2.62. The van der Waals surface area contributed by atoms with Crippen LogP contribution in [0.1, 0.15) is 49.9 Å². The predicted molar refractivity (Wildman–Crippen MR) is 102 cm³/mol. The number of carbonyl (C=O) groups is 2. The van der Waals surface area contributed by atoms with E-state index in [2.05, 4.69) is 20.4 Å². The van der Waals surface area contributed by atoms with Gasteiger partial charge in [0.25, 0.3) is 0 Å². The van der Waals surface area contributed by atoms with Crippen molar-refractivity contribution in [3.8, 4) is 0 Å². The summed E-state index contributed by atoms with van der Waals surface area (Å²) in [7, 11) is 3.96. The van der Waals surface area contributed by atoms with E-state index in [4.69, 9.17) is 9.84 Å².